The smallest absolute Gasteiger partial charge is 0.257 e. The topological polar surface area (TPSA) is 75.3 Å². The zero-order valence-electron chi connectivity index (χ0n) is 16.8. The molecule has 1 unspecified atom stereocenters. The van der Waals surface area contributed by atoms with Crippen LogP contribution in [0, 0.1) is 0 Å². The molecule has 1 aliphatic rings. The van der Waals surface area contributed by atoms with E-state index < -0.39 is 0 Å². The third-order valence-electron chi connectivity index (χ3n) is 4.73. The molecule has 1 fully saturated rings. The van der Waals surface area contributed by atoms with Gasteiger partial charge in [-0.05, 0) is 49.6 Å². The van der Waals surface area contributed by atoms with Crippen molar-refractivity contribution in [1.82, 2.24) is 20.8 Å². The number of rotatable bonds is 7. The molecule has 6 nitrogen and oxygen atoms in total. The van der Waals surface area contributed by atoms with Crippen molar-refractivity contribution in [1.29, 1.82) is 0 Å². The molecule has 1 saturated heterocycles. The summed E-state index contributed by atoms with van der Waals surface area (Å²) in [6.07, 6.45) is 4.40. The lowest BCUT2D eigenvalue weighted by atomic mass is 10.1. The largest absolute Gasteiger partial charge is 0.355 e. The predicted molar refractivity (Wildman–Crippen MR) is 127 cm³/mol. The monoisotopic (exact) mass is 515 g/mol. The molecular formula is C20H30IN5OS. The van der Waals surface area contributed by atoms with Crippen LogP contribution in [0.4, 0.5) is 0 Å². The number of benzene rings is 1. The molecule has 0 radical (unpaired) electrons. The van der Waals surface area contributed by atoms with Crippen LogP contribution in [-0.4, -0.2) is 40.2 Å². The minimum absolute atomic E-state index is 0. The molecule has 2 aromatic rings. The average molecular weight is 515 g/mol. The second kappa shape index (κ2) is 11.0. The Bertz CT molecular complexity index is 773. The average Bonchev–Trinajstić information content (AvgIpc) is 3.32. The van der Waals surface area contributed by atoms with Crippen molar-refractivity contribution in [2.24, 2.45) is 4.99 Å². The van der Waals surface area contributed by atoms with E-state index in [4.69, 9.17) is 4.52 Å². The van der Waals surface area contributed by atoms with E-state index in [2.05, 4.69) is 51.7 Å². The van der Waals surface area contributed by atoms with Crippen LogP contribution < -0.4 is 10.6 Å². The predicted octanol–water partition coefficient (Wildman–Crippen LogP) is 4.26. The Hall–Kier alpha value is -1.29. The molecule has 28 heavy (non-hydrogen) atoms. The van der Waals surface area contributed by atoms with Gasteiger partial charge in [-0.2, -0.15) is 16.7 Å². The fraction of sp³-hybridized carbons (Fsp3) is 0.550. The van der Waals surface area contributed by atoms with Gasteiger partial charge in [0.2, 0.25) is 0 Å². The van der Waals surface area contributed by atoms with E-state index in [9.17, 15) is 0 Å². The lowest BCUT2D eigenvalue weighted by Crippen LogP contribution is -2.43. The molecule has 3 rings (SSSR count). The summed E-state index contributed by atoms with van der Waals surface area (Å²) < 4.78 is 5.70. The summed E-state index contributed by atoms with van der Waals surface area (Å²) in [4.78, 5) is 8.81. The van der Waals surface area contributed by atoms with Gasteiger partial charge < -0.3 is 15.2 Å². The first kappa shape index (κ1) is 23.0. The summed E-state index contributed by atoms with van der Waals surface area (Å²) in [6.45, 7) is 6.05. The minimum Gasteiger partial charge on any atom is -0.355 e. The quantitative estimate of drug-likeness (QED) is 0.326. The molecular weight excluding hydrogens is 485 g/mol. The highest BCUT2D eigenvalue weighted by Gasteiger charge is 2.29. The Morgan fingerprint density at radius 1 is 1.36 bits per heavy atom. The van der Waals surface area contributed by atoms with E-state index in [0.717, 1.165) is 42.3 Å². The first-order valence-corrected chi connectivity index (χ1v) is 10.6. The van der Waals surface area contributed by atoms with Gasteiger partial charge in [-0.1, -0.05) is 24.2 Å². The zero-order chi connectivity index (χ0) is 19.1. The van der Waals surface area contributed by atoms with Gasteiger partial charge in [-0.3, -0.25) is 4.99 Å². The van der Waals surface area contributed by atoms with Crippen LogP contribution in [0.1, 0.15) is 44.5 Å². The highest BCUT2D eigenvalue weighted by Crippen LogP contribution is 2.36. The van der Waals surface area contributed by atoms with E-state index in [0.29, 0.717) is 17.2 Å². The molecule has 8 heteroatoms. The highest BCUT2D eigenvalue weighted by atomic mass is 127. The zero-order valence-corrected chi connectivity index (χ0v) is 20.0. The first-order valence-electron chi connectivity index (χ1n) is 9.62. The Balaban J connectivity index is 0.00000280. The van der Waals surface area contributed by atoms with Crippen molar-refractivity contribution < 1.29 is 4.52 Å². The Labute approximate surface area is 188 Å². The number of guanidine groups is 1. The third kappa shape index (κ3) is 6.37. The fourth-order valence-electron chi connectivity index (χ4n) is 3.16. The molecule has 1 aliphatic heterocycles. The molecule has 1 aromatic heterocycles. The van der Waals surface area contributed by atoms with Gasteiger partial charge >= 0.3 is 0 Å². The number of halogens is 1. The van der Waals surface area contributed by atoms with E-state index in [1.807, 2.05) is 30.9 Å². The van der Waals surface area contributed by atoms with Crippen LogP contribution in [0.2, 0.25) is 0 Å². The van der Waals surface area contributed by atoms with Crippen molar-refractivity contribution in [2.75, 3.05) is 19.3 Å². The number of nitrogens with one attached hydrogen (secondary N) is 2. The van der Waals surface area contributed by atoms with E-state index in [-0.39, 0.29) is 24.0 Å². The maximum Gasteiger partial charge on any atom is 0.257 e. The van der Waals surface area contributed by atoms with Crippen LogP contribution in [0.3, 0.4) is 0 Å². The number of thioether (sulfide) groups is 1. The maximum absolute atomic E-state index is 5.39. The Morgan fingerprint density at radius 3 is 2.93 bits per heavy atom. The first-order chi connectivity index (χ1) is 13.1. The van der Waals surface area contributed by atoms with Gasteiger partial charge in [0, 0.05) is 36.9 Å². The summed E-state index contributed by atoms with van der Waals surface area (Å²) >= 11 is 2.05. The molecule has 0 saturated carbocycles. The summed E-state index contributed by atoms with van der Waals surface area (Å²) in [7, 11) is 1.81. The van der Waals surface area contributed by atoms with Gasteiger partial charge in [0.15, 0.2) is 11.8 Å². The van der Waals surface area contributed by atoms with Crippen LogP contribution in [-0.2, 0) is 13.0 Å². The van der Waals surface area contributed by atoms with Crippen LogP contribution in [0.5, 0.6) is 0 Å². The number of aryl methyl sites for hydroxylation is 1. The third-order valence-corrected chi connectivity index (χ3v) is 6.27. The van der Waals surface area contributed by atoms with E-state index >= 15 is 0 Å². The summed E-state index contributed by atoms with van der Waals surface area (Å²) in [5.41, 5.74) is 2.09. The van der Waals surface area contributed by atoms with Gasteiger partial charge in [-0.15, -0.1) is 24.0 Å². The Kier molecular flexibility index (Phi) is 9.07. The van der Waals surface area contributed by atoms with Gasteiger partial charge in [0.25, 0.3) is 5.89 Å². The molecule has 2 N–H and O–H groups in total. The minimum atomic E-state index is 0. The standard InChI is InChI=1S/C20H29N5OS.HI/c1-4-7-17-24-18(26-25-17)16-9-5-8-15(12-16)13-22-19(21-3)23-14-20(2)10-6-11-27-20;/h5,8-9,12H,4,6-7,10-11,13-14H2,1-3H3,(H2,21,22,23);1H. The van der Waals surface area contributed by atoms with Crippen LogP contribution >= 0.6 is 35.7 Å². The van der Waals surface area contributed by atoms with E-state index in [1.54, 1.807) is 0 Å². The van der Waals surface area contributed by atoms with Crippen molar-refractivity contribution in [3.63, 3.8) is 0 Å². The van der Waals surface area contributed by atoms with Gasteiger partial charge in [0.05, 0.1) is 0 Å². The Morgan fingerprint density at radius 2 is 2.21 bits per heavy atom. The summed E-state index contributed by atoms with van der Waals surface area (Å²) in [6, 6.07) is 8.18. The van der Waals surface area contributed by atoms with Crippen LogP contribution in [0.25, 0.3) is 11.5 Å². The lowest BCUT2D eigenvalue weighted by Gasteiger charge is -2.24. The maximum atomic E-state index is 5.39. The molecule has 2 heterocycles. The van der Waals surface area contributed by atoms with Gasteiger partial charge in [0.1, 0.15) is 0 Å². The van der Waals surface area contributed by atoms with E-state index in [1.165, 1.54) is 18.6 Å². The summed E-state index contributed by atoms with van der Waals surface area (Å²) in [5.74, 6) is 3.43. The molecule has 0 amide bonds. The SMILES string of the molecule is CCCc1noc(-c2cccc(CNC(=NC)NCC3(C)CCCS3)c2)n1.I. The number of nitrogens with zero attached hydrogens (tertiary/aromatic N) is 3. The number of aromatic nitrogens is 2. The van der Waals surface area contributed by atoms with Crippen molar-refractivity contribution in [3.8, 4) is 11.5 Å². The normalized spacial score (nSPS) is 19.3. The van der Waals surface area contributed by atoms with Crippen molar-refractivity contribution in [3.05, 3.63) is 35.7 Å². The van der Waals surface area contributed by atoms with Crippen molar-refractivity contribution >= 4 is 41.7 Å². The number of hydrogen-bond donors (Lipinski definition) is 2. The molecule has 154 valence electrons. The molecule has 1 atom stereocenters. The fourth-order valence-corrected chi connectivity index (χ4v) is 4.41. The molecule has 0 spiro atoms. The second-order valence-corrected chi connectivity index (χ2v) is 8.83. The number of aliphatic imine (C=N–C) groups is 1. The van der Waals surface area contributed by atoms with Crippen molar-refractivity contribution in [2.45, 2.75) is 50.8 Å². The van der Waals surface area contributed by atoms with Crippen LogP contribution in [0.15, 0.2) is 33.8 Å². The second-order valence-electron chi connectivity index (χ2n) is 7.15. The number of hydrogen-bond acceptors (Lipinski definition) is 5. The highest BCUT2D eigenvalue weighted by molar-refractivity contribution is 14.0. The molecule has 0 bridgehead atoms. The van der Waals surface area contributed by atoms with Gasteiger partial charge in [-0.25, -0.2) is 0 Å². The summed E-state index contributed by atoms with van der Waals surface area (Å²) in [5, 5.41) is 10.9. The molecule has 1 aromatic carbocycles. The lowest BCUT2D eigenvalue weighted by molar-refractivity contribution is 0.422. The molecule has 0 aliphatic carbocycles.